The Hall–Kier alpha value is -1.95. The van der Waals surface area contributed by atoms with Gasteiger partial charge >= 0.3 is 0 Å². The van der Waals surface area contributed by atoms with Crippen molar-refractivity contribution in [2.75, 3.05) is 5.73 Å². The van der Waals surface area contributed by atoms with Crippen LogP contribution >= 0.6 is 15.9 Å². The Labute approximate surface area is 122 Å². The topological polar surface area (TPSA) is 55.1 Å². The van der Waals surface area contributed by atoms with Crippen LogP contribution in [0.25, 0.3) is 0 Å². The maximum absolute atomic E-state index is 13.0. The lowest BCUT2D eigenvalue weighted by Crippen LogP contribution is -2.23. The fourth-order valence-corrected chi connectivity index (χ4v) is 2.07. The van der Waals surface area contributed by atoms with Gasteiger partial charge in [0.15, 0.2) is 11.6 Å². The number of nitrogen functional groups attached to an aromatic ring is 1. The van der Waals surface area contributed by atoms with Crippen molar-refractivity contribution in [3.63, 3.8) is 0 Å². The first kappa shape index (κ1) is 14.5. The number of amides is 1. The Bertz CT molecular complexity index is 662. The summed E-state index contributed by atoms with van der Waals surface area (Å²) in [7, 11) is 0. The maximum Gasteiger partial charge on any atom is 0.252 e. The third kappa shape index (κ3) is 3.33. The summed E-state index contributed by atoms with van der Waals surface area (Å²) in [6.07, 6.45) is 0. The number of anilines is 1. The second-order valence-corrected chi connectivity index (χ2v) is 5.02. The highest BCUT2D eigenvalue weighted by atomic mass is 79.9. The minimum absolute atomic E-state index is 0.0945. The molecule has 104 valence electrons. The Morgan fingerprint density at radius 3 is 2.60 bits per heavy atom. The molecule has 0 aliphatic heterocycles. The molecule has 2 aromatic rings. The highest BCUT2D eigenvalue weighted by Crippen LogP contribution is 2.19. The Balaban J connectivity index is 2.08. The van der Waals surface area contributed by atoms with E-state index in [1.165, 1.54) is 12.1 Å². The zero-order valence-electron chi connectivity index (χ0n) is 10.3. The van der Waals surface area contributed by atoms with E-state index in [9.17, 15) is 13.6 Å². The lowest BCUT2D eigenvalue weighted by Gasteiger charge is -2.08. The minimum atomic E-state index is -0.943. The van der Waals surface area contributed by atoms with Gasteiger partial charge in [-0.2, -0.15) is 0 Å². The summed E-state index contributed by atoms with van der Waals surface area (Å²) < 4.78 is 26.4. The van der Waals surface area contributed by atoms with Gasteiger partial charge in [-0.3, -0.25) is 4.79 Å². The first-order valence-corrected chi connectivity index (χ1v) is 6.54. The van der Waals surface area contributed by atoms with Crippen LogP contribution in [0.5, 0.6) is 0 Å². The van der Waals surface area contributed by atoms with Crippen LogP contribution in [-0.2, 0) is 6.54 Å². The highest BCUT2D eigenvalue weighted by Gasteiger charge is 2.10. The van der Waals surface area contributed by atoms with Gasteiger partial charge in [-0.15, -0.1) is 0 Å². The third-order valence-corrected chi connectivity index (χ3v) is 3.36. The van der Waals surface area contributed by atoms with Crippen molar-refractivity contribution in [1.82, 2.24) is 5.32 Å². The number of nitrogens with one attached hydrogen (secondary N) is 1. The van der Waals surface area contributed by atoms with E-state index in [4.69, 9.17) is 5.73 Å². The van der Waals surface area contributed by atoms with Gasteiger partial charge in [-0.25, -0.2) is 8.78 Å². The van der Waals surface area contributed by atoms with Gasteiger partial charge in [0, 0.05) is 16.7 Å². The summed E-state index contributed by atoms with van der Waals surface area (Å²) in [5.74, 6) is -2.21. The van der Waals surface area contributed by atoms with Crippen molar-refractivity contribution in [2.24, 2.45) is 0 Å². The summed E-state index contributed by atoms with van der Waals surface area (Å²) >= 11 is 3.25. The number of benzene rings is 2. The van der Waals surface area contributed by atoms with Crippen molar-refractivity contribution >= 4 is 27.5 Å². The van der Waals surface area contributed by atoms with E-state index in [0.29, 0.717) is 21.3 Å². The summed E-state index contributed by atoms with van der Waals surface area (Å²) in [6.45, 7) is 0.0945. The molecule has 0 fully saturated rings. The average Bonchev–Trinajstić information content (AvgIpc) is 2.42. The predicted octanol–water partition coefficient (Wildman–Crippen LogP) is 3.24. The van der Waals surface area contributed by atoms with Gasteiger partial charge in [-0.05, 0) is 51.8 Å². The molecule has 0 aromatic heterocycles. The highest BCUT2D eigenvalue weighted by molar-refractivity contribution is 9.10. The van der Waals surface area contributed by atoms with E-state index in [1.54, 1.807) is 12.1 Å². The summed E-state index contributed by atoms with van der Waals surface area (Å²) in [5, 5.41) is 2.62. The number of hydrogen-bond donors (Lipinski definition) is 2. The molecule has 20 heavy (non-hydrogen) atoms. The van der Waals surface area contributed by atoms with E-state index >= 15 is 0 Å². The van der Waals surface area contributed by atoms with Gasteiger partial charge < -0.3 is 11.1 Å². The second kappa shape index (κ2) is 6.00. The van der Waals surface area contributed by atoms with Crippen molar-refractivity contribution in [1.29, 1.82) is 0 Å². The van der Waals surface area contributed by atoms with Crippen LogP contribution in [0.4, 0.5) is 14.5 Å². The van der Waals surface area contributed by atoms with Crippen molar-refractivity contribution < 1.29 is 13.6 Å². The SMILES string of the molecule is Nc1ccc(Br)c(C(=O)NCc2ccc(F)c(F)c2)c1. The third-order valence-electron chi connectivity index (χ3n) is 2.67. The first-order valence-electron chi connectivity index (χ1n) is 5.74. The molecule has 0 saturated heterocycles. The summed E-state index contributed by atoms with van der Waals surface area (Å²) in [4.78, 5) is 12.0. The van der Waals surface area contributed by atoms with Crippen molar-refractivity contribution in [3.05, 3.63) is 63.6 Å². The van der Waals surface area contributed by atoms with Crippen LogP contribution in [0.3, 0.4) is 0 Å². The number of halogens is 3. The van der Waals surface area contributed by atoms with Crippen molar-refractivity contribution in [2.45, 2.75) is 6.54 Å². The Morgan fingerprint density at radius 2 is 1.90 bits per heavy atom. The molecular formula is C14H11BrF2N2O. The number of carbonyl (C=O) groups excluding carboxylic acids is 1. The minimum Gasteiger partial charge on any atom is -0.399 e. The molecule has 0 atom stereocenters. The number of carbonyl (C=O) groups is 1. The molecule has 0 unspecified atom stereocenters. The van der Waals surface area contributed by atoms with Crippen LogP contribution in [0.1, 0.15) is 15.9 Å². The smallest absolute Gasteiger partial charge is 0.252 e. The van der Waals surface area contributed by atoms with Crippen molar-refractivity contribution in [3.8, 4) is 0 Å². The standard InChI is InChI=1S/C14H11BrF2N2O/c15-11-3-2-9(18)6-10(11)14(20)19-7-8-1-4-12(16)13(17)5-8/h1-6H,7,18H2,(H,19,20). The van der Waals surface area contributed by atoms with Gasteiger partial charge in [0.05, 0.1) is 5.56 Å². The van der Waals surface area contributed by atoms with Crippen LogP contribution in [0.15, 0.2) is 40.9 Å². The summed E-state index contributed by atoms with van der Waals surface area (Å²) in [6, 6.07) is 8.34. The Kier molecular flexibility index (Phi) is 4.34. The molecule has 0 saturated carbocycles. The quantitative estimate of drug-likeness (QED) is 0.842. The molecule has 1 amide bonds. The zero-order valence-corrected chi connectivity index (χ0v) is 11.9. The molecule has 0 bridgehead atoms. The van der Waals surface area contributed by atoms with E-state index in [2.05, 4.69) is 21.2 Å². The van der Waals surface area contributed by atoms with E-state index in [-0.39, 0.29) is 12.5 Å². The van der Waals surface area contributed by atoms with Crippen LogP contribution in [-0.4, -0.2) is 5.91 Å². The predicted molar refractivity (Wildman–Crippen MR) is 76.1 cm³/mol. The largest absolute Gasteiger partial charge is 0.399 e. The lowest BCUT2D eigenvalue weighted by molar-refractivity contribution is 0.0950. The molecule has 0 aliphatic carbocycles. The molecule has 0 spiro atoms. The van der Waals surface area contributed by atoms with Crippen LogP contribution in [0, 0.1) is 11.6 Å². The number of hydrogen-bond acceptors (Lipinski definition) is 2. The molecular weight excluding hydrogens is 330 g/mol. The van der Waals surface area contributed by atoms with Crippen LogP contribution in [0.2, 0.25) is 0 Å². The fraction of sp³-hybridized carbons (Fsp3) is 0.0714. The van der Waals surface area contributed by atoms with E-state index in [1.807, 2.05) is 0 Å². The molecule has 3 N–H and O–H groups in total. The molecule has 6 heteroatoms. The summed E-state index contributed by atoms with van der Waals surface area (Å²) in [5.41, 5.74) is 6.93. The second-order valence-electron chi connectivity index (χ2n) is 4.17. The van der Waals surface area contributed by atoms with Gasteiger partial charge in [-0.1, -0.05) is 6.07 Å². The normalized spacial score (nSPS) is 10.3. The average molecular weight is 341 g/mol. The molecule has 2 rings (SSSR count). The van der Waals surface area contributed by atoms with Gasteiger partial charge in [0.1, 0.15) is 0 Å². The number of rotatable bonds is 3. The van der Waals surface area contributed by atoms with E-state index in [0.717, 1.165) is 12.1 Å². The van der Waals surface area contributed by atoms with Gasteiger partial charge in [0.2, 0.25) is 0 Å². The monoisotopic (exact) mass is 340 g/mol. The Morgan fingerprint density at radius 1 is 1.15 bits per heavy atom. The lowest BCUT2D eigenvalue weighted by atomic mass is 10.1. The zero-order chi connectivity index (χ0) is 14.7. The van der Waals surface area contributed by atoms with E-state index < -0.39 is 11.6 Å². The number of nitrogens with two attached hydrogens (primary N) is 1. The molecule has 3 nitrogen and oxygen atoms in total. The van der Waals surface area contributed by atoms with Gasteiger partial charge in [0.25, 0.3) is 5.91 Å². The molecule has 0 heterocycles. The molecule has 2 aromatic carbocycles. The fourth-order valence-electron chi connectivity index (χ4n) is 1.64. The first-order chi connectivity index (χ1) is 9.47. The maximum atomic E-state index is 13.0. The van der Waals surface area contributed by atoms with Crippen LogP contribution < -0.4 is 11.1 Å². The molecule has 0 aliphatic rings. The molecule has 0 radical (unpaired) electrons.